The van der Waals surface area contributed by atoms with Gasteiger partial charge in [-0.2, -0.15) is 0 Å². The lowest BCUT2D eigenvalue weighted by Gasteiger charge is -2.25. The lowest BCUT2D eigenvalue weighted by molar-refractivity contribution is 0.458. The van der Waals surface area contributed by atoms with Gasteiger partial charge in [0, 0.05) is 12.2 Å². The van der Waals surface area contributed by atoms with Crippen LogP contribution < -0.4 is 0 Å². The molecular weight excluding hydrogens is 254 g/mol. The summed E-state index contributed by atoms with van der Waals surface area (Å²) in [7, 11) is 0. The van der Waals surface area contributed by atoms with E-state index in [2.05, 4.69) is 67.6 Å². The van der Waals surface area contributed by atoms with E-state index in [1.807, 2.05) is 23.3 Å². The van der Waals surface area contributed by atoms with Crippen LogP contribution in [0.25, 0.3) is 11.1 Å². The molecule has 1 atom stereocenters. The quantitative estimate of drug-likeness (QED) is 0.717. The van der Waals surface area contributed by atoms with Crippen LogP contribution in [0, 0.1) is 19.4 Å². The number of hydrogen-bond acceptors (Lipinski definition) is 1. The average molecular weight is 271 g/mol. The maximum Gasteiger partial charge on any atom is 0.0853 e. The first-order valence-electron chi connectivity index (χ1n) is 7.04. The van der Waals surface area contributed by atoms with E-state index in [0.717, 1.165) is 0 Å². The van der Waals surface area contributed by atoms with E-state index in [1.165, 1.54) is 22.3 Å². The summed E-state index contributed by atoms with van der Waals surface area (Å²) >= 11 is 0. The SMILES string of the molecule is C#CN1C=CC=CC1c1cccc(-c2cccc(C)c2)c1. The highest BCUT2D eigenvalue weighted by Crippen LogP contribution is 2.29. The van der Waals surface area contributed by atoms with Gasteiger partial charge in [-0.15, -0.1) is 0 Å². The Morgan fingerprint density at radius 3 is 2.52 bits per heavy atom. The molecule has 0 saturated carbocycles. The molecule has 0 amide bonds. The molecular formula is C20H17N. The Labute approximate surface area is 126 Å². The van der Waals surface area contributed by atoms with Gasteiger partial charge in [-0.1, -0.05) is 66.6 Å². The smallest absolute Gasteiger partial charge is 0.0853 e. The molecule has 1 unspecified atom stereocenters. The second-order valence-corrected chi connectivity index (χ2v) is 5.20. The van der Waals surface area contributed by atoms with Crippen LogP contribution in [0.4, 0.5) is 0 Å². The molecule has 1 nitrogen and oxygen atoms in total. The van der Waals surface area contributed by atoms with E-state index in [0.29, 0.717) is 0 Å². The molecule has 0 radical (unpaired) electrons. The lowest BCUT2D eigenvalue weighted by Crippen LogP contribution is -2.18. The van der Waals surface area contributed by atoms with Crippen LogP contribution in [-0.4, -0.2) is 4.90 Å². The van der Waals surface area contributed by atoms with Gasteiger partial charge in [0.1, 0.15) is 0 Å². The molecule has 2 aromatic carbocycles. The molecule has 0 N–H and O–H groups in total. The third kappa shape index (κ3) is 2.75. The highest BCUT2D eigenvalue weighted by Gasteiger charge is 2.15. The molecule has 0 bridgehead atoms. The summed E-state index contributed by atoms with van der Waals surface area (Å²) in [5, 5.41) is 0. The van der Waals surface area contributed by atoms with Gasteiger partial charge in [0.2, 0.25) is 0 Å². The molecule has 1 heteroatoms. The maximum atomic E-state index is 5.59. The van der Waals surface area contributed by atoms with E-state index in [-0.39, 0.29) is 6.04 Å². The lowest BCUT2D eigenvalue weighted by atomic mass is 9.97. The van der Waals surface area contributed by atoms with Crippen LogP contribution in [-0.2, 0) is 0 Å². The second-order valence-electron chi connectivity index (χ2n) is 5.20. The predicted octanol–water partition coefficient (Wildman–Crippen LogP) is 4.68. The van der Waals surface area contributed by atoms with Crippen molar-refractivity contribution >= 4 is 0 Å². The van der Waals surface area contributed by atoms with Gasteiger partial charge in [-0.25, -0.2) is 0 Å². The number of allylic oxidation sites excluding steroid dienone is 2. The molecule has 0 fully saturated rings. The monoisotopic (exact) mass is 271 g/mol. The van der Waals surface area contributed by atoms with Crippen LogP contribution in [0.15, 0.2) is 73.0 Å². The Bertz CT molecular complexity index is 746. The van der Waals surface area contributed by atoms with Crippen molar-refractivity contribution in [1.29, 1.82) is 0 Å². The molecule has 1 aliphatic rings. The Hall–Kier alpha value is -2.72. The fourth-order valence-electron chi connectivity index (χ4n) is 2.62. The Balaban J connectivity index is 1.99. The van der Waals surface area contributed by atoms with Gasteiger partial charge in [0.05, 0.1) is 6.04 Å². The van der Waals surface area contributed by atoms with Gasteiger partial charge in [-0.3, -0.25) is 4.90 Å². The van der Waals surface area contributed by atoms with Crippen LogP contribution >= 0.6 is 0 Å². The first-order valence-corrected chi connectivity index (χ1v) is 7.04. The molecule has 3 rings (SSSR count). The minimum Gasteiger partial charge on any atom is -0.297 e. The van der Waals surface area contributed by atoms with E-state index in [4.69, 9.17) is 6.42 Å². The summed E-state index contributed by atoms with van der Waals surface area (Å²) in [6.45, 7) is 2.11. The fourth-order valence-corrected chi connectivity index (χ4v) is 2.62. The molecule has 2 aromatic rings. The maximum absolute atomic E-state index is 5.59. The van der Waals surface area contributed by atoms with Crippen molar-refractivity contribution in [2.45, 2.75) is 13.0 Å². The first-order chi connectivity index (χ1) is 10.3. The zero-order valence-corrected chi connectivity index (χ0v) is 12.0. The molecule has 0 spiro atoms. The van der Waals surface area contributed by atoms with Gasteiger partial charge in [-0.05, 0) is 35.8 Å². The highest BCUT2D eigenvalue weighted by molar-refractivity contribution is 5.65. The molecule has 0 aromatic heterocycles. The van der Waals surface area contributed by atoms with E-state index < -0.39 is 0 Å². The number of rotatable bonds is 2. The van der Waals surface area contributed by atoms with Gasteiger partial charge in [0.15, 0.2) is 0 Å². The third-order valence-electron chi connectivity index (χ3n) is 3.68. The molecule has 1 heterocycles. The van der Waals surface area contributed by atoms with Crippen LogP contribution in [0.1, 0.15) is 17.2 Å². The minimum atomic E-state index is 0.102. The Morgan fingerprint density at radius 1 is 1.00 bits per heavy atom. The second kappa shape index (κ2) is 5.73. The zero-order valence-electron chi connectivity index (χ0n) is 12.0. The van der Waals surface area contributed by atoms with Crippen molar-refractivity contribution in [3.05, 3.63) is 84.1 Å². The molecule has 102 valence electrons. The molecule has 0 saturated heterocycles. The van der Waals surface area contributed by atoms with Crippen molar-refractivity contribution in [2.75, 3.05) is 0 Å². The summed E-state index contributed by atoms with van der Waals surface area (Å²) in [4.78, 5) is 1.88. The van der Waals surface area contributed by atoms with Gasteiger partial charge < -0.3 is 0 Å². The average Bonchev–Trinajstić information content (AvgIpc) is 2.55. The van der Waals surface area contributed by atoms with Gasteiger partial charge >= 0.3 is 0 Å². The van der Waals surface area contributed by atoms with Gasteiger partial charge in [0.25, 0.3) is 0 Å². The van der Waals surface area contributed by atoms with Crippen molar-refractivity contribution in [1.82, 2.24) is 4.90 Å². The number of hydrogen-bond donors (Lipinski definition) is 0. The highest BCUT2D eigenvalue weighted by atomic mass is 15.1. The number of nitrogens with zero attached hydrogens (tertiary/aromatic N) is 1. The standard InChI is InChI=1S/C20H17N/c1-3-21-13-5-4-12-20(21)19-11-7-10-18(15-19)17-9-6-8-16(2)14-17/h1,4-15,20H,2H3. The molecule has 0 aliphatic carbocycles. The number of aryl methyl sites for hydroxylation is 1. The first kappa shape index (κ1) is 13.3. The Kier molecular flexibility index (Phi) is 3.62. The topological polar surface area (TPSA) is 3.24 Å². The van der Waals surface area contributed by atoms with E-state index in [1.54, 1.807) is 0 Å². The van der Waals surface area contributed by atoms with Crippen molar-refractivity contribution < 1.29 is 0 Å². The molecule has 21 heavy (non-hydrogen) atoms. The normalized spacial score (nSPS) is 16.8. The van der Waals surface area contributed by atoms with Crippen molar-refractivity contribution in [2.24, 2.45) is 0 Å². The largest absolute Gasteiger partial charge is 0.297 e. The predicted molar refractivity (Wildman–Crippen MR) is 88.3 cm³/mol. The Morgan fingerprint density at radius 2 is 1.76 bits per heavy atom. The summed E-state index contributed by atoms with van der Waals surface area (Å²) in [6, 6.07) is 19.9. The molecule has 1 aliphatic heterocycles. The van der Waals surface area contributed by atoms with Crippen molar-refractivity contribution in [3.8, 4) is 23.6 Å². The zero-order chi connectivity index (χ0) is 14.7. The fraction of sp³-hybridized carbons (Fsp3) is 0.100. The third-order valence-corrected chi connectivity index (χ3v) is 3.68. The van der Waals surface area contributed by atoms with E-state index in [9.17, 15) is 0 Å². The number of terminal acetylenes is 1. The minimum absolute atomic E-state index is 0.102. The number of benzene rings is 2. The van der Waals surface area contributed by atoms with Crippen molar-refractivity contribution in [3.63, 3.8) is 0 Å². The van der Waals surface area contributed by atoms with Crippen LogP contribution in [0.2, 0.25) is 0 Å². The van der Waals surface area contributed by atoms with Crippen LogP contribution in [0.3, 0.4) is 0 Å². The van der Waals surface area contributed by atoms with E-state index >= 15 is 0 Å². The summed E-state index contributed by atoms with van der Waals surface area (Å²) in [5.74, 6) is 0. The summed E-state index contributed by atoms with van der Waals surface area (Å²) in [6.07, 6.45) is 13.6. The van der Waals surface area contributed by atoms with Crippen LogP contribution in [0.5, 0.6) is 0 Å². The summed E-state index contributed by atoms with van der Waals surface area (Å²) in [5.41, 5.74) is 4.92. The summed E-state index contributed by atoms with van der Waals surface area (Å²) < 4.78 is 0.